The molecule has 6 heteroatoms. The Balaban J connectivity index is 2.32. The van der Waals surface area contributed by atoms with Gasteiger partial charge in [-0.05, 0) is 19.0 Å². The molecule has 0 saturated heterocycles. The molecule has 1 aromatic heterocycles. The lowest BCUT2D eigenvalue weighted by atomic mass is 10.1. The van der Waals surface area contributed by atoms with Crippen molar-refractivity contribution in [1.29, 1.82) is 0 Å². The third kappa shape index (κ3) is 2.97. The van der Waals surface area contributed by atoms with Crippen molar-refractivity contribution in [2.45, 2.75) is 19.9 Å². The molecule has 2 N–H and O–H groups in total. The van der Waals surface area contributed by atoms with Gasteiger partial charge >= 0.3 is 0 Å². The Morgan fingerprint density at radius 2 is 2.21 bits per heavy atom. The Kier molecular flexibility index (Phi) is 4.25. The highest BCUT2D eigenvalue weighted by molar-refractivity contribution is 5.72. The van der Waals surface area contributed by atoms with Crippen LogP contribution in [-0.2, 0) is 6.54 Å². The molecule has 1 aromatic carbocycles. The Morgan fingerprint density at radius 1 is 1.42 bits per heavy atom. The van der Waals surface area contributed by atoms with E-state index in [1.54, 1.807) is 24.4 Å². The van der Waals surface area contributed by atoms with Gasteiger partial charge < -0.3 is 5.32 Å². The van der Waals surface area contributed by atoms with Crippen molar-refractivity contribution in [2.24, 2.45) is 0 Å². The maximum Gasteiger partial charge on any atom is 0.278 e. The molecule has 19 heavy (non-hydrogen) atoms. The topological polar surface area (TPSA) is 83.8 Å². The Labute approximate surface area is 111 Å². The first kappa shape index (κ1) is 13.2. The zero-order valence-electron chi connectivity index (χ0n) is 10.7. The second-order valence-corrected chi connectivity index (χ2v) is 4.22. The van der Waals surface area contributed by atoms with E-state index in [1.807, 2.05) is 0 Å². The number of rotatable bonds is 6. The third-order valence-electron chi connectivity index (χ3n) is 2.83. The van der Waals surface area contributed by atoms with Gasteiger partial charge in [0.25, 0.3) is 5.69 Å². The van der Waals surface area contributed by atoms with Crippen molar-refractivity contribution in [3.63, 3.8) is 0 Å². The first-order valence-electron chi connectivity index (χ1n) is 6.20. The minimum absolute atomic E-state index is 0.0866. The Morgan fingerprint density at radius 3 is 2.95 bits per heavy atom. The van der Waals surface area contributed by atoms with Crippen molar-refractivity contribution in [1.82, 2.24) is 15.5 Å². The molecule has 0 atom stereocenters. The number of nitrogens with one attached hydrogen (secondary N) is 2. The molecule has 0 unspecified atom stereocenters. The summed E-state index contributed by atoms with van der Waals surface area (Å²) >= 11 is 0. The average Bonchev–Trinajstić information content (AvgIpc) is 2.87. The molecule has 2 rings (SSSR count). The number of H-pyrrole nitrogens is 1. The van der Waals surface area contributed by atoms with E-state index in [0.717, 1.165) is 18.5 Å². The normalized spacial score (nSPS) is 10.6. The van der Waals surface area contributed by atoms with E-state index in [1.165, 1.54) is 6.07 Å². The molecular formula is C13H16N4O2. The van der Waals surface area contributed by atoms with E-state index in [9.17, 15) is 10.1 Å². The number of nitrogens with zero attached hydrogens (tertiary/aromatic N) is 2. The monoisotopic (exact) mass is 260 g/mol. The van der Waals surface area contributed by atoms with Crippen molar-refractivity contribution < 1.29 is 4.92 Å². The van der Waals surface area contributed by atoms with Crippen LogP contribution in [0.2, 0.25) is 0 Å². The second kappa shape index (κ2) is 6.10. The number of hydrogen-bond acceptors (Lipinski definition) is 4. The molecule has 0 aliphatic heterocycles. The van der Waals surface area contributed by atoms with Crippen LogP contribution in [-0.4, -0.2) is 21.7 Å². The highest BCUT2D eigenvalue weighted by atomic mass is 16.6. The molecule has 0 radical (unpaired) electrons. The van der Waals surface area contributed by atoms with Crippen LogP contribution < -0.4 is 5.32 Å². The van der Waals surface area contributed by atoms with Gasteiger partial charge in [-0.2, -0.15) is 5.10 Å². The molecule has 0 bridgehead atoms. The van der Waals surface area contributed by atoms with E-state index < -0.39 is 0 Å². The fraction of sp³-hybridized carbons (Fsp3) is 0.308. The molecular weight excluding hydrogens is 244 g/mol. The molecule has 0 spiro atoms. The van der Waals surface area contributed by atoms with Gasteiger partial charge in [0.1, 0.15) is 0 Å². The standard InChI is InChI=1S/C13H16N4O2/c1-2-7-14-8-10-9-15-16-13(10)11-5-3-4-6-12(11)17(18)19/h3-6,9,14H,2,7-8H2,1H3,(H,15,16). The van der Waals surface area contributed by atoms with Crippen molar-refractivity contribution in [3.05, 3.63) is 46.1 Å². The molecule has 100 valence electrons. The summed E-state index contributed by atoms with van der Waals surface area (Å²) in [6.45, 7) is 3.64. The van der Waals surface area contributed by atoms with Crippen LogP contribution in [0.25, 0.3) is 11.3 Å². The molecule has 0 amide bonds. The number of hydrogen-bond donors (Lipinski definition) is 2. The fourth-order valence-corrected chi connectivity index (χ4v) is 1.92. The van der Waals surface area contributed by atoms with Gasteiger partial charge in [0, 0.05) is 18.2 Å². The minimum atomic E-state index is -0.376. The van der Waals surface area contributed by atoms with Gasteiger partial charge in [0.15, 0.2) is 0 Å². The Hall–Kier alpha value is -2.21. The first-order valence-corrected chi connectivity index (χ1v) is 6.20. The van der Waals surface area contributed by atoms with Crippen LogP contribution >= 0.6 is 0 Å². The smallest absolute Gasteiger partial charge is 0.278 e. The van der Waals surface area contributed by atoms with E-state index in [-0.39, 0.29) is 10.6 Å². The van der Waals surface area contributed by atoms with Gasteiger partial charge in [-0.15, -0.1) is 0 Å². The number of nitro benzene ring substituents is 1. The van der Waals surface area contributed by atoms with Crippen LogP contribution in [0.5, 0.6) is 0 Å². The van der Waals surface area contributed by atoms with Crippen LogP contribution in [0.15, 0.2) is 30.5 Å². The summed E-state index contributed by atoms with van der Waals surface area (Å²) in [5, 5.41) is 21.2. The quantitative estimate of drug-likeness (QED) is 0.475. The lowest BCUT2D eigenvalue weighted by Crippen LogP contribution is -2.13. The van der Waals surface area contributed by atoms with E-state index in [4.69, 9.17) is 0 Å². The zero-order valence-corrected chi connectivity index (χ0v) is 10.7. The third-order valence-corrected chi connectivity index (χ3v) is 2.83. The molecule has 6 nitrogen and oxygen atoms in total. The van der Waals surface area contributed by atoms with Crippen molar-refractivity contribution in [3.8, 4) is 11.3 Å². The summed E-state index contributed by atoms with van der Waals surface area (Å²) in [6, 6.07) is 6.67. The van der Waals surface area contributed by atoms with Crippen LogP contribution in [0.4, 0.5) is 5.69 Å². The largest absolute Gasteiger partial charge is 0.313 e. The van der Waals surface area contributed by atoms with Gasteiger partial charge in [-0.3, -0.25) is 15.2 Å². The Bertz CT molecular complexity index is 565. The van der Waals surface area contributed by atoms with E-state index in [2.05, 4.69) is 22.4 Å². The number of para-hydroxylation sites is 1. The van der Waals surface area contributed by atoms with E-state index in [0.29, 0.717) is 17.8 Å². The molecule has 0 saturated carbocycles. The summed E-state index contributed by atoms with van der Waals surface area (Å²) in [6.07, 6.45) is 2.74. The highest BCUT2D eigenvalue weighted by Gasteiger charge is 2.18. The zero-order chi connectivity index (χ0) is 13.7. The van der Waals surface area contributed by atoms with Crippen LogP contribution in [0.3, 0.4) is 0 Å². The predicted molar refractivity (Wildman–Crippen MR) is 72.7 cm³/mol. The molecule has 1 heterocycles. The van der Waals surface area contributed by atoms with Crippen LogP contribution in [0, 0.1) is 10.1 Å². The van der Waals surface area contributed by atoms with Gasteiger partial charge in [-0.25, -0.2) is 0 Å². The van der Waals surface area contributed by atoms with Gasteiger partial charge in [0.2, 0.25) is 0 Å². The predicted octanol–water partition coefficient (Wildman–Crippen LogP) is 2.48. The maximum atomic E-state index is 11.0. The highest BCUT2D eigenvalue weighted by Crippen LogP contribution is 2.30. The minimum Gasteiger partial charge on any atom is -0.313 e. The maximum absolute atomic E-state index is 11.0. The molecule has 0 aliphatic carbocycles. The summed E-state index contributed by atoms with van der Waals surface area (Å²) in [5.74, 6) is 0. The second-order valence-electron chi connectivity index (χ2n) is 4.22. The van der Waals surface area contributed by atoms with Crippen LogP contribution in [0.1, 0.15) is 18.9 Å². The summed E-state index contributed by atoms with van der Waals surface area (Å²) < 4.78 is 0. The number of nitro groups is 1. The van der Waals surface area contributed by atoms with Gasteiger partial charge in [-0.1, -0.05) is 19.1 Å². The summed E-state index contributed by atoms with van der Waals surface area (Å²) in [7, 11) is 0. The summed E-state index contributed by atoms with van der Waals surface area (Å²) in [4.78, 5) is 10.7. The SMILES string of the molecule is CCCNCc1cn[nH]c1-c1ccccc1[N+](=O)[O-]. The fourth-order valence-electron chi connectivity index (χ4n) is 1.92. The molecule has 0 aliphatic rings. The number of aromatic nitrogens is 2. The number of benzene rings is 1. The lowest BCUT2D eigenvalue weighted by Gasteiger charge is -2.05. The summed E-state index contributed by atoms with van der Waals surface area (Å²) in [5.41, 5.74) is 2.29. The van der Waals surface area contributed by atoms with Crippen molar-refractivity contribution >= 4 is 5.69 Å². The van der Waals surface area contributed by atoms with Crippen molar-refractivity contribution in [2.75, 3.05) is 6.54 Å². The van der Waals surface area contributed by atoms with E-state index >= 15 is 0 Å². The number of aromatic amines is 1. The first-order chi connectivity index (χ1) is 9.24. The average molecular weight is 260 g/mol. The molecule has 2 aromatic rings. The molecule has 0 fully saturated rings. The lowest BCUT2D eigenvalue weighted by molar-refractivity contribution is -0.384. The van der Waals surface area contributed by atoms with Gasteiger partial charge in [0.05, 0.1) is 22.4 Å².